The molecule has 0 spiro atoms. The molecule has 3 aromatic carbocycles. The van der Waals surface area contributed by atoms with Crippen LogP contribution >= 0.6 is 0 Å². The molecule has 2 aliphatic rings. The predicted molar refractivity (Wildman–Crippen MR) is 180 cm³/mol. The highest BCUT2D eigenvalue weighted by molar-refractivity contribution is 6.99. The van der Waals surface area contributed by atoms with Gasteiger partial charge in [0.2, 0.25) is 5.79 Å². The fourth-order valence-corrected chi connectivity index (χ4v) is 11.5. The summed E-state index contributed by atoms with van der Waals surface area (Å²) in [6.07, 6.45) is -0.950. The molecular formula is C37H50O8Si. The monoisotopic (exact) mass is 650 g/mol. The summed E-state index contributed by atoms with van der Waals surface area (Å²) in [4.78, 5) is 0. The molecule has 5 rings (SSSR count). The summed E-state index contributed by atoms with van der Waals surface area (Å²) in [6.45, 7) is 9.94. The average molecular weight is 651 g/mol. The van der Waals surface area contributed by atoms with E-state index in [2.05, 4.69) is 76.2 Å². The van der Waals surface area contributed by atoms with Crippen molar-refractivity contribution in [2.45, 2.75) is 82.4 Å². The summed E-state index contributed by atoms with van der Waals surface area (Å²) in [7, 11) is 0.373. The third-order valence-corrected chi connectivity index (χ3v) is 14.4. The van der Waals surface area contributed by atoms with Crippen LogP contribution in [0.3, 0.4) is 0 Å². The van der Waals surface area contributed by atoms with Gasteiger partial charge in [0.25, 0.3) is 8.32 Å². The van der Waals surface area contributed by atoms with Crippen LogP contribution in [0.1, 0.15) is 46.1 Å². The zero-order chi connectivity index (χ0) is 32.8. The maximum Gasteiger partial charge on any atom is 0.261 e. The predicted octanol–water partition coefficient (Wildman–Crippen LogP) is 5.05. The molecule has 2 saturated heterocycles. The first kappa shape index (κ1) is 34.7. The Balaban J connectivity index is 1.46. The standard InChI is InChI=1S/C37H50O8Si/c1-27-21-22-43-37(38,35(27)42-26-39-5)34-23-32(41-24-28-17-19-29(40-6)20-18-28)33(45-34)25-44-46(36(2,3)4,30-13-9-7-10-14-30)31-15-11-8-12-16-31/h7-20,27,32-35,38H,21-26H2,1-6H3/t27-,32-,33-,34+,35-,37+/m0/s1. The Morgan fingerprint density at radius 3 is 2.09 bits per heavy atom. The smallest absolute Gasteiger partial charge is 0.261 e. The molecule has 8 nitrogen and oxygen atoms in total. The lowest BCUT2D eigenvalue weighted by molar-refractivity contribution is -0.346. The fourth-order valence-electron chi connectivity index (χ4n) is 6.95. The topological polar surface area (TPSA) is 84.8 Å². The van der Waals surface area contributed by atoms with Crippen molar-refractivity contribution in [2.24, 2.45) is 5.92 Å². The molecule has 2 heterocycles. The summed E-state index contributed by atoms with van der Waals surface area (Å²) in [5, 5.41) is 14.3. The lowest BCUT2D eigenvalue weighted by Crippen LogP contribution is -2.67. The van der Waals surface area contributed by atoms with E-state index in [1.54, 1.807) is 14.2 Å². The van der Waals surface area contributed by atoms with Crippen molar-refractivity contribution in [2.75, 3.05) is 34.2 Å². The van der Waals surface area contributed by atoms with Crippen molar-refractivity contribution in [1.29, 1.82) is 0 Å². The number of ether oxygens (including phenoxy) is 6. The van der Waals surface area contributed by atoms with Crippen molar-refractivity contribution in [3.05, 3.63) is 90.5 Å². The molecular weight excluding hydrogens is 600 g/mol. The number of benzene rings is 3. The Morgan fingerprint density at radius 1 is 0.891 bits per heavy atom. The van der Waals surface area contributed by atoms with E-state index in [9.17, 15) is 5.11 Å². The summed E-state index contributed by atoms with van der Waals surface area (Å²) in [5.41, 5.74) is 1.01. The van der Waals surface area contributed by atoms with E-state index >= 15 is 0 Å². The SMILES string of the molecule is COCO[C@H]1[C@@H](C)CCO[C@]1(O)[C@H]1C[C@H](OCc2ccc(OC)cc2)[C@H](CO[Si](c2ccccc2)(c2ccccc2)C(C)(C)C)O1. The van der Waals surface area contributed by atoms with Crippen LogP contribution in [0.4, 0.5) is 0 Å². The van der Waals surface area contributed by atoms with Crippen LogP contribution in [0.2, 0.25) is 5.04 Å². The van der Waals surface area contributed by atoms with Gasteiger partial charge in [-0.3, -0.25) is 0 Å². The lowest BCUT2D eigenvalue weighted by atomic mass is 9.87. The number of rotatable bonds is 13. The molecule has 0 bridgehead atoms. The van der Waals surface area contributed by atoms with Crippen LogP contribution in [0.15, 0.2) is 84.9 Å². The van der Waals surface area contributed by atoms with Gasteiger partial charge in [0.1, 0.15) is 30.9 Å². The minimum Gasteiger partial charge on any atom is -0.497 e. The van der Waals surface area contributed by atoms with E-state index in [0.29, 0.717) is 19.6 Å². The summed E-state index contributed by atoms with van der Waals surface area (Å²) >= 11 is 0. The second-order valence-corrected chi connectivity index (χ2v) is 17.7. The molecule has 0 amide bonds. The summed E-state index contributed by atoms with van der Waals surface area (Å²) in [5.74, 6) is -0.828. The first-order valence-electron chi connectivity index (χ1n) is 16.2. The molecule has 46 heavy (non-hydrogen) atoms. The highest BCUT2D eigenvalue weighted by Gasteiger charge is 2.57. The Kier molecular flexibility index (Phi) is 11.4. The van der Waals surface area contributed by atoms with Crippen molar-refractivity contribution in [1.82, 2.24) is 0 Å². The van der Waals surface area contributed by atoms with Crippen LogP contribution in [0, 0.1) is 5.92 Å². The van der Waals surface area contributed by atoms with Crippen molar-refractivity contribution < 1.29 is 38.0 Å². The summed E-state index contributed by atoms with van der Waals surface area (Å²) in [6, 6.07) is 28.9. The molecule has 0 radical (unpaired) electrons. The molecule has 2 aliphatic heterocycles. The van der Waals surface area contributed by atoms with E-state index in [-0.39, 0.29) is 30.5 Å². The molecule has 3 aromatic rings. The van der Waals surface area contributed by atoms with Crippen molar-refractivity contribution in [3.63, 3.8) is 0 Å². The van der Waals surface area contributed by atoms with Crippen LogP contribution in [0.25, 0.3) is 0 Å². The van der Waals surface area contributed by atoms with Gasteiger partial charge < -0.3 is 38.0 Å². The van der Waals surface area contributed by atoms with Gasteiger partial charge in [0, 0.05) is 13.5 Å². The molecule has 6 atom stereocenters. The van der Waals surface area contributed by atoms with E-state index in [4.69, 9.17) is 32.8 Å². The molecule has 0 aromatic heterocycles. The third-order valence-electron chi connectivity index (χ3n) is 9.36. The number of hydrogen-bond acceptors (Lipinski definition) is 8. The van der Waals surface area contributed by atoms with Crippen LogP contribution in [-0.2, 0) is 34.7 Å². The molecule has 0 saturated carbocycles. The van der Waals surface area contributed by atoms with Gasteiger partial charge in [-0.2, -0.15) is 0 Å². The van der Waals surface area contributed by atoms with Gasteiger partial charge in [-0.1, -0.05) is 100 Å². The average Bonchev–Trinajstić information content (AvgIpc) is 3.48. The number of aliphatic hydroxyl groups is 1. The van der Waals surface area contributed by atoms with Gasteiger partial charge in [0.05, 0.1) is 33.0 Å². The Morgan fingerprint density at radius 2 is 1.52 bits per heavy atom. The Labute approximate surface area is 275 Å². The molecule has 9 heteroatoms. The van der Waals surface area contributed by atoms with Gasteiger partial charge in [-0.15, -0.1) is 0 Å². The van der Waals surface area contributed by atoms with Gasteiger partial charge in [0.15, 0.2) is 0 Å². The first-order chi connectivity index (χ1) is 22.1. The zero-order valence-electron chi connectivity index (χ0n) is 28.0. The van der Waals surface area contributed by atoms with Crippen molar-refractivity contribution >= 4 is 18.7 Å². The van der Waals surface area contributed by atoms with E-state index in [1.807, 2.05) is 36.4 Å². The highest BCUT2D eigenvalue weighted by atomic mass is 28.4. The maximum absolute atomic E-state index is 12.1. The number of hydrogen-bond donors (Lipinski definition) is 1. The second kappa shape index (κ2) is 15.1. The normalized spacial score (nSPS) is 27.1. The minimum atomic E-state index is -2.85. The summed E-state index contributed by atoms with van der Waals surface area (Å²) < 4.78 is 43.3. The zero-order valence-corrected chi connectivity index (χ0v) is 29.0. The Bertz CT molecular complexity index is 1310. The Hall–Kier alpha value is -2.60. The number of methoxy groups -OCH3 is 2. The fraction of sp³-hybridized carbons (Fsp3) is 0.514. The van der Waals surface area contributed by atoms with E-state index < -0.39 is 32.4 Å². The van der Waals surface area contributed by atoms with Crippen LogP contribution in [0.5, 0.6) is 5.75 Å². The molecule has 1 N–H and O–H groups in total. The largest absolute Gasteiger partial charge is 0.497 e. The molecule has 0 aliphatic carbocycles. The van der Waals surface area contributed by atoms with Gasteiger partial charge >= 0.3 is 0 Å². The van der Waals surface area contributed by atoms with E-state index in [1.165, 1.54) is 10.4 Å². The van der Waals surface area contributed by atoms with Gasteiger partial charge in [-0.05, 0) is 45.4 Å². The first-order valence-corrected chi connectivity index (χ1v) is 18.1. The van der Waals surface area contributed by atoms with Crippen LogP contribution in [-0.4, -0.2) is 77.9 Å². The third kappa shape index (κ3) is 7.27. The molecule has 0 unspecified atom stereocenters. The van der Waals surface area contributed by atoms with Gasteiger partial charge in [-0.25, -0.2) is 0 Å². The van der Waals surface area contributed by atoms with Crippen molar-refractivity contribution in [3.8, 4) is 5.75 Å². The molecule has 2 fully saturated rings. The lowest BCUT2D eigenvalue weighted by Gasteiger charge is -2.45. The van der Waals surface area contributed by atoms with E-state index in [0.717, 1.165) is 17.7 Å². The minimum absolute atomic E-state index is 0.0450. The molecule has 250 valence electrons. The maximum atomic E-state index is 12.1. The highest BCUT2D eigenvalue weighted by Crippen LogP contribution is 2.42. The quantitative estimate of drug-likeness (QED) is 0.203. The van der Waals surface area contributed by atoms with Crippen LogP contribution < -0.4 is 15.1 Å². The second-order valence-electron chi connectivity index (χ2n) is 13.4.